The molecule has 0 unspecified atom stereocenters. The van der Waals surface area contributed by atoms with Crippen molar-refractivity contribution in [2.75, 3.05) is 0 Å². The minimum Gasteiger partial charge on any atom is -0.309 e. The average Bonchev–Trinajstić information content (AvgIpc) is 3.76. The minimum absolute atomic E-state index is 1.16. The highest BCUT2D eigenvalue weighted by molar-refractivity contribution is 6.13. The van der Waals surface area contributed by atoms with E-state index >= 15 is 0 Å². The third kappa shape index (κ3) is 4.81. The molecule has 0 aliphatic carbocycles. The molecule has 0 atom stereocenters. The van der Waals surface area contributed by atoms with Crippen LogP contribution in [0.25, 0.3) is 99.1 Å². The van der Waals surface area contributed by atoms with Crippen LogP contribution in [0.1, 0.15) is 0 Å². The number of hydrogen-bond donors (Lipinski definition) is 0. The van der Waals surface area contributed by atoms with E-state index < -0.39 is 0 Å². The summed E-state index contributed by atoms with van der Waals surface area (Å²) >= 11 is 0. The molecule has 0 bridgehead atoms. The van der Waals surface area contributed by atoms with Crippen LogP contribution in [0.15, 0.2) is 206 Å². The molecule has 0 fully saturated rings. The van der Waals surface area contributed by atoms with Crippen LogP contribution in [0, 0.1) is 0 Å². The van der Waals surface area contributed by atoms with Crippen molar-refractivity contribution < 1.29 is 0 Å². The van der Waals surface area contributed by atoms with E-state index in [2.05, 4.69) is 215 Å². The number of para-hydroxylation sites is 3. The van der Waals surface area contributed by atoms with Gasteiger partial charge in [-0.1, -0.05) is 146 Å². The molecule has 0 radical (unpaired) electrons. The zero-order valence-corrected chi connectivity index (χ0v) is 29.5. The Morgan fingerprint density at radius 3 is 1.56 bits per heavy atom. The molecule has 0 saturated carbocycles. The van der Waals surface area contributed by atoms with Gasteiger partial charge in [-0.2, -0.15) is 0 Å². The second-order valence-electron chi connectivity index (χ2n) is 14.2. The summed E-state index contributed by atoms with van der Waals surface area (Å²) in [4.78, 5) is 0. The van der Waals surface area contributed by atoms with Gasteiger partial charge in [-0.15, -0.1) is 0 Å². The number of aromatic nitrogens is 2. The topological polar surface area (TPSA) is 9.86 Å². The fraction of sp³-hybridized carbons (Fsp3) is 0. The molecule has 0 N–H and O–H groups in total. The van der Waals surface area contributed by atoms with Crippen molar-refractivity contribution in [3.63, 3.8) is 0 Å². The zero-order valence-electron chi connectivity index (χ0n) is 29.5. The van der Waals surface area contributed by atoms with Gasteiger partial charge < -0.3 is 9.13 Å². The molecule has 2 nitrogen and oxygen atoms in total. The highest BCUT2D eigenvalue weighted by atomic mass is 15.0. The van der Waals surface area contributed by atoms with Crippen LogP contribution >= 0.6 is 0 Å². The first-order chi connectivity index (χ1) is 26.8. The molecule has 0 aliphatic heterocycles. The molecule has 11 rings (SSSR count). The van der Waals surface area contributed by atoms with E-state index in [1.165, 1.54) is 93.5 Å². The van der Waals surface area contributed by atoms with Crippen molar-refractivity contribution >= 4 is 54.4 Å². The number of hydrogen-bond acceptors (Lipinski definition) is 0. The molecular formula is C52H34N2. The van der Waals surface area contributed by atoms with Gasteiger partial charge in [0, 0.05) is 32.8 Å². The van der Waals surface area contributed by atoms with Crippen LogP contribution in [-0.4, -0.2) is 9.13 Å². The molecular weight excluding hydrogens is 653 g/mol. The number of fused-ring (bicyclic) bond motifs is 7. The van der Waals surface area contributed by atoms with Crippen molar-refractivity contribution in [1.82, 2.24) is 9.13 Å². The van der Waals surface area contributed by atoms with Gasteiger partial charge in [0.25, 0.3) is 0 Å². The van der Waals surface area contributed by atoms with Crippen LogP contribution < -0.4 is 0 Å². The minimum atomic E-state index is 1.16. The highest BCUT2D eigenvalue weighted by Gasteiger charge is 2.18. The maximum atomic E-state index is 2.44. The summed E-state index contributed by atoms with van der Waals surface area (Å²) in [5, 5.41) is 7.50. The predicted molar refractivity (Wildman–Crippen MR) is 229 cm³/mol. The number of rotatable bonds is 5. The molecule has 0 aliphatic rings. The Hall–Kier alpha value is -7.16. The van der Waals surface area contributed by atoms with Crippen LogP contribution in [0.4, 0.5) is 0 Å². The first kappa shape index (κ1) is 30.5. The molecule has 0 saturated heterocycles. The van der Waals surface area contributed by atoms with E-state index in [0.29, 0.717) is 0 Å². The Labute approximate surface area is 313 Å². The van der Waals surface area contributed by atoms with E-state index in [0.717, 1.165) is 5.69 Å². The fourth-order valence-corrected chi connectivity index (χ4v) is 8.57. The molecule has 0 spiro atoms. The summed E-state index contributed by atoms with van der Waals surface area (Å²) in [5.74, 6) is 0. The summed E-state index contributed by atoms with van der Waals surface area (Å²) in [6.45, 7) is 0. The van der Waals surface area contributed by atoms with E-state index in [1.807, 2.05) is 0 Å². The smallest absolute Gasteiger partial charge is 0.0541 e. The van der Waals surface area contributed by atoms with E-state index in [1.54, 1.807) is 0 Å². The lowest BCUT2D eigenvalue weighted by molar-refractivity contribution is 1.18. The van der Waals surface area contributed by atoms with Gasteiger partial charge in [0.2, 0.25) is 0 Å². The molecule has 252 valence electrons. The van der Waals surface area contributed by atoms with Gasteiger partial charge in [-0.3, -0.25) is 0 Å². The zero-order chi connectivity index (χ0) is 35.6. The Balaban J connectivity index is 1.07. The molecule has 11 aromatic rings. The summed E-state index contributed by atoms with van der Waals surface area (Å²) in [6, 6.07) is 75.2. The van der Waals surface area contributed by atoms with Crippen LogP contribution in [-0.2, 0) is 0 Å². The van der Waals surface area contributed by atoms with Gasteiger partial charge in [0.15, 0.2) is 0 Å². The molecule has 54 heavy (non-hydrogen) atoms. The molecule has 2 aromatic heterocycles. The Morgan fingerprint density at radius 1 is 0.259 bits per heavy atom. The standard InChI is InChI=1S/C52H34N2/c1-2-13-35(14-3-1)38-17-12-18-42(32-38)53-49-23-10-7-20-44(49)46-33-39(27-29-51(46)53)40-28-30-52-47(34-40)45-21-8-11-24-50(45)54(52)48-22-9-6-19-43(48)41-26-25-36-15-4-5-16-37(36)31-41/h1-34H. The lowest BCUT2D eigenvalue weighted by Crippen LogP contribution is -1.97. The summed E-state index contributed by atoms with van der Waals surface area (Å²) in [7, 11) is 0. The third-order valence-corrected chi connectivity index (χ3v) is 11.1. The second kappa shape index (κ2) is 12.2. The quantitative estimate of drug-likeness (QED) is 0.171. The maximum Gasteiger partial charge on any atom is 0.0541 e. The van der Waals surface area contributed by atoms with Crippen molar-refractivity contribution in [3.05, 3.63) is 206 Å². The van der Waals surface area contributed by atoms with E-state index in [-0.39, 0.29) is 0 Å². The van der Waals surface area contributed by atoms with Crippen molar-refractivity contribution in [2.24, 2.45) is 0 Å². The predicted octanol–water partition coefficient (Wildman–Crippen LogP) is 14.0. The summed E-state index contributed by atoms with van der Waals surface area (Å²) in [6.07, 6.45) is 0. The summed E-state index contributed by atoms with van der Waals surface area (Å²) < 4.78 is 4.85. The Bertz CT molecular complexity index is 3220. The first-order valence-electron chi connectivity index (χ1n) is 18.6. The largest absolute Gasteiger partial charge is 0.309 e. The normalized spacial score (nSPS) is 11.7. The van der Waals surface area contributed by atoms with Crippen LogP contribution in [0.3, 0.4) is 0 Å². The number of nitrogens with zero attached hydrogens (tertiary/aromatic N) is 2. The van der Waals surface area contributed by atoms with Gasteiger partial charge >= 0.3 is 0 Å². The van der Waals surface area contributed by atoms with E-state index in [9.17, 15) is 0 Å². The maximum absolute atomic E-state index is 2.44. The van der Waals surface area contributed by atoms with E-state index in [4.69, 9.17) is 0 Å². The lowest BCUT2D eigenvalue weighted by atomic mass is 9.99. The molecule has 2 heterocycles. The van der Waals surface area contributed by atoms with Gasteiger partial charge in [-0.25, -0.2) is 0 Å². The van der Waals surface area contributed by atoms with Crippen molar-refractivity contribution in [1.29, 1.82) is 0 Å². The van der Waals surface area contributed by atoms with Crippen molar-refractivity contribution in [2.45, 2.75) is 0 Å². The van der Waals surface area contributed by atoms with Gasteiger partial charge in [0.1, 0.15) is 0 Å². The fourth-order valence-electron chi connectivity index (χ4n) is 8.57. The third-order valence-electron chi connectivity index (χ3n) is 11.1. The Morgan fingerprint density at radius 2 is 0.796 bits per heavy atom. The van der Waals surface area contributed by atoms with Crippen molar-refractivity contribution in [3.8, 4) is 44.8 Å². The van der Waals surface area contributed by atoms with Gasteiger partial charge in [-0.05, 0) is 99.3 Å². The first-order valence-corrected chi connectivity index (χ1v) is 18.6. The highest BCUT2D eigenvalue weighted by Crippen LogP contribution is 2.40. The van der Waals surface area contributed by atoms with Crippen LogP contribution in [0.2, 0.25) is 0 Å². The van der Waals surface area contributed by atoms with Gasteiger partial charge in [0.05, 0.1) is 27.8 Å². The monoisotopic (exact) mass is 686 g/mol. The molecule has 2 heteroatoms. The second-order valence-corrected chi connectivity index (χ2v) is 14.2. The summed E-state index contributed by atoms with van der Waals surface area (Å²) in [5.41, 5.74) is 14.4. The molecule has 0 amide bonds. The SMILES string of the molecule is c1ccc(-c2cccc(-n3c4ccccc4c4cc(-c5ccc6c(c5)c5ccccc5n6-c5ccccc5-c5ccc6ccccc6c5)ccc43)c2)cc1. The lowest BCUT2D eigenvalue weighted by Gasteiger charge is -2.15. The van der Waals surface area contributed by atoms with Crippen LogP contribution in [0.5, 0.6) is 0 Å². The molecule has 9 aromatic carbocycles. The number of benzene rings is 9. The Kier molecular flexibility index (Phi) is 6.90. The average molecular weight is 687 g/mol.